The first-order valence-corrected chi connectivity index (χ1v) is 7.35. The molecule has 25 heavy (non-hydrogen) atoms. The zero-order valence-corrected chi connectivity index (χ0v) is 13.3. The minimum absolute atomic E-state index is 0.127. The predicted octanol–water partition coefficient (Wildman–Crippen LogP) is 2.89. The lowest BCUT2D eigenvalue weighted by Crippen LogP contribution is -2.17. The van der Waals surface area contributed by atoms with E-state index in [9.17, 15) is 23.2 Å². The summed E-state index contributed by atoms with van der Waals surface area (Å²) in [6.45, 7) is 0.661. The van der Waals surface area contributed by atoms with Crippen molar-refractivity contribution in [3.05, 3.63) is 65.2 Å². The summed E-state index contributed by atoms with van der Waals surface area (Å²) in [6, 6.07) is 8.86. The van der Waals surface area contributed by atoms with E-state index < -0.39 is 30.0 Å². The molecule has 1 amide bonds. The number of rotatable bonds is 6. The summed E-state index contributed by atoms with van der Waals surface area (Å²) in [5.41, 5.74) is 0.503. The first-order chi connectivity index (χ1) is 11.8. The minimum Gasteiger partial charge on any atom is -0.457 e. The van der Waals surface area contributed by atoms with Crippen LogP contribution in [0, 0.1) is 11.6 Å². The lowest BCUT2D eigenvalue weighted by atomic mass is 10.1. The smallest absolute Gasteiger partial charge is 0.310 e. The minimum atomic E-state index is -0.828. The Bertz CT molecular complexity index is 803. The standard InChI is InChI=1S/C18H15F2NO4/c1-11(22)21-14-6-7-15(16(20)9-14)17(23)10-25-18(24)8-12-2-4-13(19)5-3-12/h2-7,9H,8,10H2,1H3,(H,21,22). The molecule has 0 fully saturated rings. The van der Waals surface area contributed by atoms with Crippen LogP contribution >= 0.6 is 0 Å². The summed E-state index contributed by atoms with van der Waals surface area (Å²) in [5.74, 6) is -3.01. The van der Waals surface area contributed by atoms with Gasteiger partial charge in [0.1, 0.15) is 11.6 Å². The van der Waals surface area contributed by atoms with Crippen LogP contribution in [0.3, 0.4) is 0 Å². The second-order valence-corrected chi connectivity index (χ2v) is 5.26. The molecule has 2 aromatic rings. The molecule has 0 unspecified atom stereocenters. The van der Waals surface area contributed by atoms with Crippen LogP contribution < -0.4 is 5.32 Å². The number of carbonyl (C=O) groups excluding carboxylic acids is 3. The predicted molar refractivity (Wildman–Crippen MR) is 86.1 cm³/mol. The maximum Gasteiger partial charge on any atom is 0.310 e. The first kappa shape index (κ1) is 18.3. The molecule has 0 aliphatic carbocycles. The number of hydrogen-bond donors (Lipinski definition) is 1. The maximum absolute atomic E-state index is 13.9. The molecule has 0 atom stereocenters. The Morgan fingerprint density at radius 1 is 1.04 bits per heavy atom. The van der Waals surface area contributed by atoms with Crippen LogP contribution in [-0.4, -0.2) is 24.3 Å². The van der Waals surface area contributed by atoms with Gasteiger partial charge in [-0.05, 0) is 35.9 Å². The van der Waals surface area contributed by atoms with Crippen molar-refractivity contribution >= 4 is 23.3 Å². The first-order valence-electron chi connectivity index (χ1n) is 7.35. The normalized spacial score (nSPS) is 10.2. The quantitative estimate of drug-likeness (QED) is 0.644. The molecule has 7 heteroatoms. The Labute approximate surface area is 142 Å². The number of Topliss-reactive ketones (excluding diaryl/α,β-unsaturated/α-hetero) is 1. The van der Waals surface area contributed by atoms with Crippen molar-refractivity contribution in [1.82, 2.24) is 0 Å². The average molecular weight is 347 g/mol. The number of ether oxygens (including phenoxy) is 1. The zero-order chi connectivity index (χ0) is 18.4. The van der Waals surface area contributed by atoms with Gasteiger partial charge in [-0.1, -0.05) is 12.1 Å². The Kier molecular flexibility index (Phi) is 5.94. The van der Waals surface area contributed by atoms with Gasteiger partial charge in [-0.3, -0.25) is 14.4 Å². The third-order valence-electron chi connectivity index (χ3n) is 3.22. The topological polar surface area (TPSA) is 72.5 Å². The molecule has 5 nitrogen and oxygen atoms in total. The van der Waals surface area contributed by atoms with Crippen molar-refractivity contribution in [2.24, 2.45) is 0 Å². The molecule has 0 heterocycles. The Balaban J connectivity index is 1.92. The molecule has 2 aromatic carbocycles. The van der Waals surface area contributed by atoms with Crippen LogP contribution in [0.4, 0.5) is 14.5 Å². The highest BCUT2D eigenvalue weighted by atomic mass is 19.1. The van der Waals surface area contributed by atoms with Gasteiger partial charge in [0.05, 0.1) is 12.0 Å². The van der Waals surface area contributed by atoms with E-state index in [1.807, 2.05) is 0 Å². The van der Waals surface area contributed by atoms with Crippen LogP contribution in [-0.2, 0) is 20.7 Å². The molecule has 0 radical (unpaired) electrons. The van der Waals surface area contributed by atoms with Crippen LogP contribution in [0.25, 0.3) is 0 Å². The number of amides is 1. The molecule has 2 rings (SSSR count). The van der Waals surface area contributed by atoms with Crippen molar-refractivity contribution in [1.29, 1.82) is 0 Å². The number of halogens is 2. The summed E-state index contributed by atoms with van der Waals surface area (Å²) >= 11 is 0. The van der Waals surface area contributed by atoms with Gasteiger partial charge < -0.3 is 10.1 Å². The highest BCUT2D eigenvalue weighted by Gasteiger charge is 2.15. The van der Waals surface area contributed by atoms with Gasteiger partial charge in [-0.2, -0.15) is 0 Å². The van der Waals surface area contributed by atoms with Crippen LogP contribution in [0.5, 0.6) is 0 Å². The molecule has 0 bridgehead atoms. The molecule has 0 spiro atoms. The van der Waals surface area contributed by atoms with E-state index in [1.54, 1.807) is 0 Å². The molecule has 0 aromatic heterocycles. The van der Waals surface area contributed by atoms with E-state index >= 15 is 0 Å². The Morgan fingerprint density at radius 3 is 2.32 bits per heavy atom. The van der Waals surface area contributed by atoms with E-state index in [-0.39, 0.29) is 23.6 Å². The van der Waals surface area contributed by atoms with E-state index in [1.165, 1.54) is 43.3 Å². The summed E-state index contributed by atoms with van der Waals surface area (Å²) in [6.07, 6.45) is -0.127. The van der Waals surface area contributed by atoms with E-state index in [0.717, 1.165) is 6.07 Å². The van der Waals surface area contributed by atoms with E-state index in [4.69, 9.17) is 4.74 Å². The highest BCUT2D eigenvalue weighted by molar-refractivity contribution is 5.99. The second kappa shape index (κ2) is 8.14. The van der Waals surface area contributed by atoms with E-state index in [2.05, 4.69) is 5.32 Å². The van der Waals surface area contributed by atoms with Crippen LogP contribution in [0.2, 0.25) is 0 Å². The number of nitrogens with one attached hydrogen (secondary N) is 1. The molecule has 1 N–H and O–H groups in total. The maximum atomic E-state index is 13.9. The van der Waals surface area contributed by atoms with E-state index in [0.29, 0.717) is 5.56 Å². The van der Waals surface area contributed by atoms with Crippen molar-refractivity contribution < 1.29 is 27.9 Å². The fraction of sp³-hybridized carbons (Fsp3) is 0.167. The number of esters is 1. The van der Waals surface area contributed by atoms with Crippen LogP contribution in [0.15, 0.2) is 42.5 Å². The molecule has 0 aliphatic heterocycles. The third kappa shape index (κ3) is 5.49. The highest BCUT2D eigenvalue weighted by Crippen LogP contribution is 2.15. The number of hydrogen-bond acceptors (Lipinski definition) is 4. The monoisotopic (exact) mass is 347 g/mol. The lowest BCUT2D eigenvalue weighted by Gasteiger charge is -2.07. The summed E-state index contributed by atoms with van der Waals surface area (Å²) in [5, 5.41) is 2.39. The number of anilines is 1. The van der Waals surface area contributed by atoms with Gasteiger partial charge >= 0.3 is 5.97 Å². The largest absolute Gasteiger partial charge is 0.457 e. The summed E-state index contributed by atoms with van der Waals surface area (Å²) in [4.78, 5) is 34.5. The number of carbonyl (C=O) groups is 3. The summed E-state index contributed by atoms with van der Waals surface area (Å²) in [7, 11) is 0. The molecular weight excluding hydrogens is 332 g/mol. The van der Waals surface area contributed by atoms with Crippen molar-refractivity contribution in [2.75, 3.05) is 11.9 Å². The number of ketones is 1. The van der Waals surface area contributed by atoms with Gasteiger partial charge in [0, 0.05) is 12.6 Å². The Morgan fingerprint density at radius 2 is 1.72 bits per heavy atom. The fourth-order valence-corrected chi connectivity index (χ4v) is 2.07. The zero-order valence-electron chi connectivity index (χ0n) is 13.3. The molecule has 0 saturated carbocycles. The van der Waals surface area contributed by atoms with Crippen LogP contribution in [0.1, 0.15) is 22.8 Å². The summed E-state index contributed by atoms with van der Waals surface area (Å²) < 4.78 is 31.5. The van der Waals surface area contributed by atoms with Crippen molar-refractivity contribution in [3.63, 3.8) is 0 Å². The third-order valence-corrected chi connectivity index (χ3v) is 3.22. The molecule has 0 saturated heterocycles. The second-order valence-electron chi connectivity index (χ2n) is 5.26. The SMILES string of the molecule is CC(=O)Nc1ccc(C(=O)COC(=O)Cc2ccc(F)cc2)c(F)c1. The Hall–Kier alpha value is -3.09. The molecule has 0 aliphatic rings. The lowest BCUT2D eigenvalue weighted by molar-refractivity contribution is -0.141. The van der Waals surface area contributed by atoms with Gasteiger partial charge in [-0.25, -0.2) is 8.78 Å². The molecule has 130 valence electrons. The van der Waals surface area contributed by atoms with Gasteiger partial charge in [0.15, 0.2) is 6.61 Å². The van der Waals surface area contributed by atoms with Gasteiger partial charge in [-0.15, -0.1) is 0 Å². The van der Waals surface area contributed by atoms with Crippen molar-refractivity contribution in [3.8, 4) is 0 Å². The van der Waals surface area contributed by atoms with Gasteiger partial charge in [0.25, 0.3) is 0 Å². The average Bonchev–Trinajstić information content (AvgIpc) is 2.54. The molecular formula is C18H15F2NO4. The van der Waals surface area contributed by atoms with Crippen molar-refractivity contribution in [2.45, 2.75) is 13.3 Å². The fourth-order valence-electron chi connectivity index (χ4n) is 2.07. The number of benzene rings is 2. The van der Waals surface area contributed by atoms with Gasteiger partial charge in [0.2, 0.25) is 11.7 Å².